The van der Waals surface area contributed by atoms with E-state index in [4.69, 9.17) is 5.84 Å². The number of rotatable bonds is 4. The van der Waals surface area contributed by atoms with Gasteiger partial charge in [0.05, 0.1) is 6.21 Å². The lowest BCUT2D eigenvalue weighted by Gasteiger charge is -1.98. The van der Waals surface area contributed by atoms with Gasteiger partial charge in [-0.15, -0.1) is 46.8 Å². The number of halogens is 2. The van der Waals surface area contributed by atoms with Gasteiger partial charge in [-0.3, -0.25) is 0 Å². The molecule has 104 valence electrons. The van der Waals surface area contributed by atoms with Crippen LogP contribution < -0.4 is 11.3 Å². The number of nitrogens with zero attached hydrogens (tertiary/aromatic N) is 4. The number of anilines is 1. The van der Waals surface area contributed by atoms with Crippen molar-refractivity contribution in [2.75, 3.05) is 17.5 Å². The van der Waals surface area contributed by atoms with E-state index in [9.17, 15) is 0 Å². The van der Waals surface area contributed by atoms with Crippen LogP contribution in [-0.4, -0.2) is 27.3 Å². The zero-order valence-electron chi connectivity index (χ0n) is 10.1. The van der Waals surface area contributed by atoms with E-state index in [0.29, 0.717) is 5.95 Å². The van der Waals surface area contributed by atoms with Gasteiger partial charge in [-0.25, -0.2) is 10.1 Å². The van der Waals surface area contributed by atoms with Crippen LogP contribution in [0.25, 0.3) is 0 Å². The van der Waals surface area contributed by atoms with Crippen LogP contribution in [0, 0.1) is 0 Å². The molecule has 0 aliphatic heterocycles. The first-order valence-corrected chi connectivity index (χ1v) is 6.10. The van der Waals surface area contributed by atoms with Gasteiger partial charge in [0.2, 0.25) is 0 Å². The van der Waals surface area contributed by atoms with Crippen molar-refractivity contribution in [1.29, 1.82) is 0 Å². The van der Waals surface area contributed by atoms with Crippen LogP contribution in [0.15, 0.2) is 40.6 Å². The molecule has 19 heavy (non-hydrogen) atoms. The van der Waals surface area contributed by atoms with Crippen molar-refractivity contribution in [3.63, 3.8) is 0 Å². The smallest absolute Gasteiger partial charge is 0.263 e. The minimum absolute atomic E-state index is 0. The number of nitrogens with one attached hydrogen (secondary N) is 1. The average Bonchev–Trinajstić information content (AvgIpc) is 2.76. The number of hydrogen-bond donors (Lipinski definition) is 2. The molecule has 0 unspecified atom stereocenters. The number of hydrogen-bond acceptors (Lipinski definition) is 6. The Hall–Kier alpha value is -1.44. The summed E-state index contributed by atoms with van der Waals surface area (Å²) in [5.74, 6) is 5.90. The molecule has 3 N–H and O–H groups in total. The molecule has 0 saturated carbocycles. The maximum atomic E-state index is 5.51. The van der Waals surface area contributed by atoms with E-state index in [1.165, 1.54) is 15.9 Å². The molecule has 0 fully saturated rings. The molecule has 9 heteroatoms. The standard InChI is InChI=1S/C10H12N6S.2ClH/c1-17-9-4-2-8(3-5-9)6-12-14-10-15-13-7-16(10)11;;/h2-7H,11H2,1H3,(H,14,15);2*1H/b12-6-;;. The van der Waals surface area contributed by atoms with Gasteiger partial charge < -0.3 is 5.84 Å². The van der Waals surface area contributed by atoms with E-state index >= 15 is 0 Å². The van der Waals surface area contributed by atoms with Gasteiger partial charge in [0.25, 0.3) is 5.95 Å². The third kappa shape index (κ3) is 4.98. The van der Waals surface area contributed by atoms with Gasteiger partial charge >= 0.3 is 0 Å². The Morgan fingerprint density at radius 2 is 2.00 bits per heavy atom. The fourth-order valence-corrected chi connectivity index (χ4v) is 1.59. The van der Waals surface area contributed by atoms with Gasteiger partial charge in [0, 0.05) is 4.90 Å². The van der Waals surface area contributed by atoms with E-state index < -0.39 is 0 Å². The third-order valence-electron chi connectivity index (χ3n) is 2.07. The van der Waals surface area contributed by atoms with Crippen molar-refractivity contribution in [1.82, 2.24) is 14.9 Å². The highest BCUT2D eigenvalue weighted by molar-refractivity contribution is 7.98. The van der Waals surface area contributed by atoms with E-state index in [1.54, 1.807) is 18.0 Å². The van der Waals surface area contributed by atoms with Crippen LogP contribution in [-0.2, 0) is 0 Å². The molecule has 1 aromatic carbocycles. The zero-order valence-corrected chi connectivity index (χ0v) is 12.5. The van der Waals surface area contributed by atoms with Crippen molar-refractivity contribution in [3.8, 4) is 0 Å². The molecule has 2 aromatic rings. The first-order chi connectivity index (χ1) is 8.29. The lowest BCUT2D eigenvalue weighted by molar-refractivity contribution is 0.988. The summed E-state index contributed by atoms with van der Waals surface area (Å²) in [7, 11) is 0. The molecule has 6 nitrogen and oxygen atoms in total. The fraction of sp³-hybridized carbons (Fsp3) is 0.100. The molecule has 0 aliphatic rings. The maximum absolute atomic E-state index is 5.51. The minimum atomic E-state index is 0. The normalized spacial score (nSPS) is 9.74. The molecule has 0 bridgehead atoms. The number of nitrogen functional groups attached to an aromatic ring is 1. The van der Waals surface area contributed by atoms with Crippen LogP contribution in [0.1, 0.15) is 5.56 Å². The van der Waals surface area contributed by atoms with Crippen LogP contribution in [0.5, 0.6) is 0 Å². The Morgan fingerprint density at radius 1 is 1.32 bits per heavy atom. The Balaban J connectivity index is 0.00000162. The molecule has 0 saturated heterocycles. The van der Waals surface area contributed by atoms with E-state index in [0.717, 1.165) is 5.56 Å². The van der Waals surface area contributed by atoms with Gasteiger partial charge in [0.15, 0.2) is 0 Å². The molecule has 0 radical (unpaired) electrons. The van der Waals surface area contributed by atoms with Crippen LogP contribution in [0.2, 0.25) is 0 Å². The van der Waals surface area contributed by atoms with Gasteiger partial charge in [-0.2, -0.15) is 5.10 Å². The molecule has 1 heterocycles. The largest absolute Gasteiger partial charge is 0.335 e. The Kier molecular flexibility index (Phi) is 7.97. The first-order valence-electron chi connectivity index (χ1n) is 4.88. The first kappa shape index (κ1) is 17.6. The summed E-state index contributed by atoms with van der Waals surface area (Å²) < 4.78 is 1.26. The Morgan fingerprint density at radius 3 is 2.53 bits per heavy atom. The van der Waals surface area contributed by atoms with Crippen molar-refractivity contribution in [2.24, 2.45) is 5.10 Å². The monoisotopic (exact) mass is 320 g/mol. The molecule has 0 spiro atoms. The number of thioether (sulfide) groups is 1. The van der Waals surface area contributed by atoms with Crippen LogP contribution >= 0.6 is 36.6 Å². The topological polar surface area (TPSA) is 81.1 Å². The summed E-state index contributed by atoms with van der Waals surface area (Å²) in [6, 6.07) is 8.06. The summed E-state index contributed by atoms with van der Waals surface area (Å²) in [4.78, 5) is 1.22. The second-order valence-corrected chi connectivity index (χ2v) is 4.08. The van der Waals surface area contributed by atoms with Crippen LogP contribution in [0.4, 0.5) is 5.95 Å². The Bertz CT molecular complexity index is 513. The number of benzene rings is 1. The number of nitrogens with two attached hydrogens (primary N) is 1. The highest BCUT2D eigenvalue weighted by Crippen LogP contribution is 2.13. The molecule has 1 aromatic heterocycles. The number of aromatic nitrogens is 3. The highest BCUT2D eigenvalue weighted by atomic mass is 35.5. The summed E-state index contributed by atoms with van der Waals surface area (Å²) >= 11 is 1.70. The van der Waals surface area contributed by atoms with Crippen molar-refractivity contribution in [3.05, 3.63) is 36.2 Å². The average molecular weight is 321 g/mol. The SMILES string of the molecule is CSc1ccc(/C=N\Nc2nncn2N)cc1.Cl.Cl. The van der Waals surface area contributed by atoms with E-state index in [1.807, 2.05) is 30.5 Å². The van der Waals surface area contributed by atoms with Crippen molar-refractivity contribution < 1.29 is 0 Å². The lowest BCUT2D eigenvalue weighted by atomic mass is 10.2. The molecular formula is C10H14Cl2N6S. The quantitative estimate of drug-likeness (QED) is 0.390. The second-order valence-electron chi connectivity index (χ2n) is 3.20. The summed E-state index contributed by atoms with van der Waals surface area (Å²) in [6.45, 7) is 0. The van der Waals surface area contributed by atoms with E-state index in [-0.39, 0.29) is 24.8 Å². The zero-order chi connectivity index (χ0) is 12.1. The number of hydrazone groups is 1. The van der Waals surface area contributed by atoms with Crippen LogP contribution in [0.3, 0.4) is 0 Å². The lowest BCUT2D eigenvalue weighted by Crippen LogP contribution is -2.10. The minimum Gasteiger partial charge on any atom is -0.335 e. The molecular weight excluding hydrogens is 307 g/mol. The second kappa shape index (κ2) is 8.63. The molecule has 2 rings (SSSR count). The molecule has 0 aliphatic carbocycles. The third-order valence-corrected chi connectivity index (χ3v) is 2.81. The predicted octanol–water partition coefficient (Wildman–Crippen LogP) is 2.00. The Labute approximate surface area is 127 Å². The predicted molar refractivity (Wildman–Crippen MR) is 84.1 cm³/mol. The molecule has 0 atom stereocenters. The van der Waals surface area contributed by atoms with Gasteiger partial charge in [-0.1, -0.05) is 12.1 Å². The maximum Gasteiger partial charge on any atom is 0.263 e. The highest BCUT2D eigenvalue weighted by Gasteiger charge is 1.96. The fourth-order valence-electron chi connectivity index (χ4n) is 1.18. The summed E-state index contributed by atoms with van der Waals surface area (Å²) in [5.41, 5.74) is 3.70. The summed E-state index contributed by atoms with van der Waals surface area (Å²) in [6.07, 6.45) is 5.13. The van der Waals surface area contributed by atoms with Crippen molar-refractivity contribution in [2.45, 2.75) is 4.90 Å². The summed E-state index contributed by atoms with van der Waals surface area (Å²) in [5, 5.41) is 11.4. The van der Waals surface area contributed by atoms with Crippen molar-refractivity contribution >= 4 is 48.7 Å². The van der Waals surface area contributed by atoms with E-state index in [2.05, 4.69) is 20.7 Å². The van der Waals surface area contributed by atoms with Gasteiger partial charge in [0.1, 0.15) is 6.33 Å². The molecule has 0 amide bonds. The van der Waals surface area contributed by atoms with Gasteiger partial charge in [-0.05, 0) is 24.0 Å².